The maximum atomic E-state index is 14.5. The number of hydrogen-bond acceptors (Lipinski definition) is 4. The van der Waals surface area contributed by atoms with Crippen molar-refractivity contribution >= 4 is 11.8 Å². The van der Waals surface area contributed by atoms with Crippen LogP contribution in [0.15, 0.2) is 42.5 Å². The third kappa shape index (κ3) is 4.02. The number of hydrogen-bond donors (Lipinski definition) is 2. The molecular formula is C22H25FN4O2. The second kappa shape index (κ2) is 8.31. The van der Waals surface area contributed by atoms with E-state index in [1.54, 1.807) is 23.1 Å². The number of amides is 2. The number of nitrogens with zero attached hydrogens (tertiary/aromatic N) is 2. The van der Waals surface area contributed by atoms with E-state index in [4.69, 9.17) is 1.37 Å². The van der Waals surface area contributed by atoms with E-state index < -0.39 is 5.82 Å². The average molecular weight is 397 g/mol. The van der Waals surface area contributed by atoms with Crippen molar-refractivity contribution in [3.05, 3.63) is 70.5 Å². The molecule has 0 spiro atoms. The molecule has 2 aliphatic rings. The predicted molar refractivity (Wildman–Crippen MR) is 108 cm³/mol. The molecule has 1 unspecified atom stereocenters. The lowest BCUT2D eigenvalue weighted by molar-refractivity contribution is 0.0638. The number of piperazine rings is 1. The van der Waals surface area contributed by atoms with Crippen LogP contribution in [0.1, 0.15) is 46.2 Å². The van der Waals surface area contributed by atoms with Crippen LogP contribution in [0, 0.1) is 5.82 Å². The van der Waals surface area contributed by atoms with Gasteiger partial charge in [-0.2, -0.15) is 0 Å². The minimum absolute atomic E-state index is 0.0783. The Labute approximate surface area is 171 Å². The number of hydrazine groups is 1. The van der Waals surface area contributed by atoms with Gasteiger partial charge in [-0.15, -0.1) is 0 Å². The Morgan fingerprint density at radius 3 is 2.79 bits per heavy atom. The van der Waals surface area contributed by atoms with E-state index in [0.29, 0.717) is 51.6 Å². The van der Waals surface area contributed by atoms with Gasteiger partial charge in [-0.05, 0) is 42.3 Å². The maximum Gasteiger partial charge on any atom is 0.265 e. The molecule has 2 aliphatic heterocycles. The van der Waals surface area contributed by atoms with Gasteiger partial charge in [-0.25, -0.2) is 9.82 Å². The highest BCUT2D eigenvalue weighted by atomic mass is 19.1. The summed E-state index contributed by atoms with van der Waals surface area (Å²) in [6.45, 7) is 3.50. The number of halogens is 1. The molecular weight excluding hydrogens is 371 g/mol. The van der Waals surface area contributed by atoms with Gasteiger partial charge in [0.25, 0.3) is 11.8 Å². The van der Waals surface area contributed by atoms with Gasteiger partial charge >= 0.3 is 0 Å². The molecule has 2 heterocycles. The molecule has 7 heteroatoms. The first-order chi connectivity index (χ1) is 14.6. The maximum absolute atomic E-state index is 14.5. The van der Waals surface area contributed by atoms with Gasteiger partial charge in [0, 0.05) is 33.1 Å². The summed E-state index contributed by atoms with van der Waals surface area (Å²) >= 11 is 0. The van der Waals surface area contributed by atoms with E-state index in [2.05, 4.69) is 15.8 Å². The van der Waals surface area contributed by atoms with Crippen LogP contribution in [-0.4, -0.2) is 54.3 Å². The van der Waals surface area contributed by atoms with Crippen molar-refractivity contribution in [3.8, 4) is 0 Å². The second-order valence-corrected chi connectivity index (χ2v) is 7.39. The molecule has 1 saturated heterocycles. The van der Waals surface area contributed by atoms with E-state index in [1.807, 2.05) is 18.2 Å². The van der Waals surface area contributed by atoms with Gasteiger partial charge in [0.05, 0.1) is 11.6 Å². The Bertz CT molecular complexity index is 946. The van der Waals surface area contributed by atoms with Crippen molar-refractivity contribution in [1.82, 2.24) is 20.7 Å². The Hall–Kier alpha value is -2.77. The van der Waals surface area contributed by atoms with Crippen LogP contribution in [0.5, 0.6) is 0 Å². The number of carbonyl (C=O) groups is 2. The molecule has 1 fully saturated rings. The van der Waals surface area contributed by atoms with Crippen LogP contribution in [-0.2, 0) is 6.42 Å². The number of rotatable bonds is 4. The zero-order chi connectivity index (χ0) is 21.1. The third-order valence-corrected chi connectivity index (χ3v) is 5.62. The molecule has 6 nitrogen and oxygen atoms in total. The summed E-state index contributed by atoms with van der Waals surface area (Å²) in [4.78, 5) is 28.8. The molecule has 2 aromatic carbocycles. The van der Waals surface area contributed by atoms with E-state index in [-0.39, 0.29) is 23.4 Å². The molecule has 0 aliphatic carbocycles. The van der Waals surface area contributed by atoms with Gasteiger partial charge in [-0.3, -0.25) is 15.0 Å². The summed E-state index contributed by atoms with van der Waals surface area (Å²) in [7, 11) is 0. The highest BCUT2D eigenvalue weighted by Gasteiger charge is 2.27. The highest BCUT2D eigenvalue weighted by molar-refractivity contribution is 5.96. The summed E-state index contributed by atoms with van der Waals surface area (Å²) in [6, 6.07) is 11.8. The Kier molecular flexibility index (Phi) is 5.23. The zero-order valence-corrected chi connectivity index (χ0v) is 16.2. The fourth-order valence-corrected chi connectivity index (χ4v) is 3.91. The zero-order valence-electron chi connectivity index (χ0n) is 17.2. The lowest BCUT2D eigenvalue weighted by Gasteiger charge is -2.34. The standard InChI is InChI=1S/C22H25FN4O2/c1-2-26-9-11-27(12-10-26)22(29)18-13-15(7-8-19(18)23)14-20-16-5-3-4-6-17(16)21(28)25-24-20/h3-8,13,20,24H,2,9-12,14H2,1H3,(H,25,28)/i1D. The SMILES string of the molecule is [2H]CCN1CCN(C(=O)c2cc(CC3NNC(=O)c4ccccc43)ccc2F)CC1. The minimum atomic E-state index is -0.525. The first-order valence-electron chi connectivity index (χ1n) is 10.5. The van der Waals surface area contributed by atoms with Crippen LogP contribution in [0.3, 0.4) is 0 Å². The molecule has 2 amide bonds. The summed E-state index contributed by atoms with van der Waals surface area (Å²) < 4.78 is 21.8. The summed E-state index contributed by atoms with van der Waals surface area (Å²) in [6.07, 6.45) is 0.509. The van der Waals surface area contributed by atoms with E-state index in [1.165, 1.54) is 6.07 Å². The lowest BCUT2D eigenvalue weighted by atomic mass is 9.93. The van der Waals surface area contributed by atoms with Crippen LogP contribution >= 0.6 is 0 Å². The highest BCUT2D eigenvalue weighted by Crippen LogP contribution is 2.25. The Morgan fingerprint density at radius 2 is 2.00 bits per heavy atom. The quantitative estimate of drug-likeness (QED) is 0.830. The fraction of sp³-hybridized carbons (Fsp3) is 0.364. The molecule has 0 saturated carbocycles. The van der Waals surface area contributed by atoms with Crippen LogP contribution in [0.25, 0.3) is 0 Å². The molecule has 0 aromatic heterocycles. The van der Waals surface area contributed by atoms with E-state index >= 15 is 0 Å². The minimum Gasteiger partial charge on any atom is -0.336 e. The van der Waals surface area contributed by atoms with Crippen molar-refractivity contribution in [1.29, 1.82) is 0 Å². The summed E-state index contributed by atoms with van der Waals surface area (Å²) in [5.74, 6) is -1.01. The topological polar surface area (TPSA) is 64.7 Å². The van der Waals surface area contributed by atoms with Crippen LogP contribution < -0.4 is 10.9 Å². The molecule has 2 aromatic rings. The molecule has 4 rings (SSSR count). The Morgan fingerprint density at radius 1 is 1.21 bits per heavy atom. The summed E-state index contributed by atoms with van der Waals surface area (Å²) in [5.41, 5.74) is 8.06. The predicted octanol–water partition coefficient (Wildman–Crippen LogP) is 2.14. The monoisotopic (exact) mass is 397 g/mol. The molecule has 0 radical (unpaired) electrons. The van der Waals surface area contributed by atoms with Gasteiger partial charge in [-0.1, -0.05) is 31.2 Å². The second-order valence-electron chi connectivity index (χ2n) is 7.39. The molecule has 152 valence electrons. The molecule has 2 N–H and O–H groups in total. The van der Waals surface area contributed by atoms with Crippen LogP contribution in [0.4, 0.5) is 4.39 Å². The molecule has 29 heavy (non-hydrogen) atoms. The Balaban J connectivity index is 1.50. The summed E-state index contributed by atoms with van der Waals surface area (Å²) in [5, 5.41) is 0. The average Bonchev–Trinajstić information content (AvgIpc) is 2.77. The number of fused-ring (bicyclic) bond motifs is 1. The third-order valence-electron chi connectivity index (χ3n) is 5.62. The number of carbonyl (C=O) groups excluding carboxylic acids is 2. The number of benzene rings is 2. The van der Waals surface area contributed by atoms with Gasteiger partial charge in [0.15, 0.2) is 0 Å². The smallest absolute Gasteiger partial charge is 0.265 e. The first kappa shape index (κ1) is 18.3. The normalized spacial score (nSPS) is 20.0. The molecule has 1 atom stereocenters. The van der Waals surface area contributed by atoms with Gasteiger partial charge in [0.1, 0.15) is 5.82 Å². The number of likely N-dealkylation sites (N-methyl/N-ethyl adjacent to an activating group) is 1. The largest absolute Gasteiger partial charge is 0.336 e. The first-order valence-corrected chi connectivity index (χ1v) is 9.81. The van der Waals surface area contributed by atoms with Crippen molar-refractivity contribution in [3.63, 3.8) is 0 Å². The van der Waals surface area contributed by atoms with Crippen LogP contribution in [0.2, 0.25) is 0 Å². The van der Waals surface area contributed by atoms with Crippen molar-refractivity contribution in [2.45, 2.75) is 19.4 Å². The fourth-order valence-electron chi connectivity index (χ4n) is 3.91. The lowest BCUT2D eigenvalue weighted by Crippen LogP contribution is -2.48. The van der Waals surface area contributed by atoms with Crippen molar-refractivity contribution < 1.29 is 15.4 Å². The van der Waals surface area contributed by atoms with Crippen molar-refractivity contribution in [2.24, 2.45) is 0 Å². The van der Waals surface area contributed by atoms with Gasteiger partial charge < -0.3 is 9.80 Å². The van der Waals surface area contributed by atoms with E-state index in [9.17, 15) is 14.0 Å². The van der Waals surface area contributed by atoms with Crippen molar-refractivity contribution in [2.75, 3.05) is 32.7 Å². The van der Waals surface area contributed by atoms with Gasteiger partial charge in [0.2, 0.25) is 0 Å². The molecule has 0 bridgehead atoms. The van der Waals surface area contributed by atoms with E-state index in [0.717, 1.165) is 11.1 Å². The number of nitrogens with one attached hydrogen (secondary N) is 2.